The molecule has 1 N–H and O–H groups in total. The van der Waals surface area contributed by atoms with E-state index in [-0.39, 0.29) is 6.03 Å². The molecule has 0 aromatic rings. The van der Waals surface area contributed by atoms with Crippen LogP contribution < -0.4 is 0 Å². The van der Waals surface area contributed by atoms with Crippen LogP contribution in [0.4, 0.5) is 4.79 Å². The lowest BCUT2D eigenvalue weighted by Gasteiger charge is -2.41. The third-order valence-corrected chi connectivity index (χ3v) is 4.21. The van der Waals surface area contributed by atoms with E-state index < -0.39 is 11.5 Å². The molecule has 6 heteroatoms. The van der Waals surface area contributed by atoms with Gasteiger partial charge in [0.15, 0.2) is 0 Å². The van der Waals surface area contributed by atoms with E-state index in [9.17, 15) is 14.7 Å². The Balaban J connectivity index is 2.72. The van der Waals surface area contributed by atoms with E-state index in [4.69, 9.17) is 0 Å². The van der Waals surface area contributed by atoms with Crippen molar-refractivity contribution in [3.63, 3.8) is 0 Å². The van der Waals surface area contributed by atoms with E-state index in [1.807, 2.05) is 21.0 Å². The van der Waals surface area contributed by atoms with Crippen molar-refractivity contribution in [1.82, 2.24) is 14.7 Å². The fourth-order valence-corrected chi connectivity index (χ4v) is 2.63. The Labute approximate surface area is 121 Å². The second-order valence-electron chi connectivity index (χ2n) is 6.07. The van der Waals surface area contributed by atoms with Crippen LogP contribution in [-0.4, -0.2) is 77.1 Å². The molecule has 1 heterocycles. The number of nitrogens with zero attached hydrogens (tertiary/aromatic N) is 3. The number of urea groups is 1. The molecule has 0 aliphatic carbocycles. The van der Waals surface area contributed by atoms with Gasteiger partial charge in [-0.3, -0.25) is 0 Å². The number of hydrogen-bond acceptors (Lipinski definition) is 3. The Hall–Kier alpha value is -1.30. The van der Waals surface area contributed by atoms with Crippen LogP contribution in [0.3, 0.4) is 0 Å². The molecule has 116 valence electrons. The minimum absolute atomic E-state index is 0.169. The number of carbonyl (C=O) groups excluding carboxylic acids is 1. The minimum atomic E-state index is -1.18. The zero-order chi connectivity index (χ0) is 15.5. The molecule has 0 atom stereocenters. The summed E-state index contributed by atoms with van der Waals surface area (Å²) >= 11 is 0. The summed E-state index contributed by atoms with van der Waals surface area (Å²) in [5, 5.41) is 9.29. The number of rotatable bonds is 4. The van der Waals surface area contributed by atoms with Crippen molar-refractivity contribution in [2.45, 2.75) is 45.2 Å². The normalized spacial score (nSPS) is 17.4. The Bertz CT molecular complexity index is 361. The summed E-state index contributed by atoms with van der Waals surface area (Å²) in [6.07, 6.45) is 1.87. The van der Waals surface area contributed by atoms with Gasteiger partial charge in [-0.2, -0.15) is 0 Å². The Morgan fingerprint density at radius 2 is 1.75 bits per heavy atom. The van der Waals surface area contributed by atoms with E-state index in [2.05, 4.69) is 4.90 Å². The van der Waals surface area contributed by atoms with E-state index in [0.717, 1.165) is 12.8 Å². The number of amides is 2. The molecule has 1 rings (SSSR count). The second-order valence-corrected chi connectivity index (χ2v) is 6.07. The Morgan fingerprint density at radius 3 is 2.10 bits per heavy atom. The smallest absolute Gasteiger partial charge is 0.329 e. The summed E-state index contributed by atoms with van der Waals surface area (Å²) < 4.78 is 0. The maximum atomic E-state index is 12.5. The van der Waals surface area contributed by atoms with Gasteiger partial charge in [0.25, 0.3) is 0 Å². The first kappa shape index (κ1) is 16.8. The van der Waals surface area contributed by atoms with Gasteiger partial charge < -0.3 is 19.8 Å². The van der Waals surface area contributed by atoms with Crippen molar-refractivity contribution in [3.8, 4) is 0 Å². The predicted octanol–water partition coefficient (Wildman–Crippen LogP) is 1.32. The molecular weight excluding hydrogens is 258 g/mol. The molecule has 0 aromatic heterocycles. The Morgan fingerprint density at radius 1 is 1.25 bits per heavy atom. The summed E-state index contributed by atoms with van der Waals surface area (Å²) in [4.78, 5) is 29.3. The van der Waals surface area contributed by atoms with Gasteiger partial charge in [-0.25, -0.2) is 9.59 Å². The number of carboxylic acids is 1. The number of carbonyl (C=O) groups is 2. The van der Waals surface area contributed by atoms with Crippen LogP contribution in [0.25, 0.3) is 0 Å². The van der Waals surface area contributed by atoms with Gasteiger partial charge in [-0.15, -0.1) is 0 Å². The molecule has 0 saturated carbocycles. The number of hydrogen-bond donors (Lipinski definition) is 1. The lowest BCUT2D eigenvalue weighted by Crippen LogP contribution is -2.58. The van der Waals surface area contributed by atoms with Crippen molar-refractivity contribution in [2.75, 3.05) is 33.7 Å². The molecule has 1 saturated heterocycles. The highest BCUT2D eigenvalue weighted by Crippen LogP contribution is 2.20. The summed E-state index contributed by atoms with van der Waals surface area (Å²) in [7, 11) is 4.10. The van der Waals surface area contributed by atoms with E-state index in [1.54, 1.807) is 18.7 Å². The van der Waals surface area contributed by atoms with Gasteiger partial charge in [-0.1, -0.05) is 0 Å². The van der Waals surface area contributed by atoms with Crippen molar-refractivity contribution >= 4 is 12.0 Å². The van der Waals surface area contributed by atoms with Crippen LogP contribution in [0.1, 0.15) is 33.6 Å². The first-order valence-corrected chi connectivity index (χ1v) is 7.18. The molecule has 0 unspecified atom stereocenters. The molecule has 2 amide bonds. The summed E-state index contributed by atoms with van der Waals surface area (Å²) in [5.74, 6) is -0.976. The SMILES string of the molecule is CCN(C(=O)N1CCC(N(C)C)CC1)C(C)(C)C(=O)O. The topological polar surface area (TPSA) is 64.1 Å². The average molecular weight is 285 g/mol. The van der Waals surface area contributed by atoms with Gasteiger partial charge in [-0.05, 0) is 47.7 Å². The average Bonchev–Trinajstić information content (AvgIpc) is 2.39. The van der Waals surface area contributed by atoms with Gasteiger partial charge >= 0.3 is 12.0 Å². The van der Waals surface area contributed by atoms with Crippen molar-refractivity contribution in [1.29, 1.82) is 0 Å². The molecule has 1 aliphatic heterocycles. The lowest BCUT2D eigenvalue weighted by atomic mass is 10.0. The minimum Gasteiger partial charge on any atom is -0.480 e. The summed E-state index contributed by atoms with van der Waals surface area (Å²) in [6.45, 7) is 6.73. The molecule has 1 fully saturated rings. The van der Waals surface area contributed by atoms with E-state index in [0.29, 0.717) is 25.7 Å². The molecule has 0 spiro atoms. The maximum absolute atomic E-state index is 12.5. The first-order chi connectivity index (χ1) is 9.21. The van der Waals surface area contributed by atoms with E-state index in [1.165, 1.54) is 4.90 Å². The predicted molar refractivity (Wildman–Crippen MR) is 77.8 cm³/mol. The van der Waals surface area contributed by atoms with Crippen LogP contribution in [0, 0.1) is 0 Å². The highest BCUT2D eigenvalue weighted by Gasteiger charge is 2.39. The molecule has 0 bridgehead atoms. The van der Waals surface area contributed by atoms with Crippen LogP contribution in [-0.2, 0) is 4.79 Å². The third kappa shape index (κ3) is 3.42. The molecule has 0 radical (unpaired) electrons. The monoisotopic (exact) mass is 285 g/mol. The third-order valence-electron chi connectivity index (χ3n) is 4.21. The quantitative estimate of drug-likeness (QED) is 0.846. The zero-order valence-electron chi connectivity index (χ0n) is 13.2. The molecular formula is C14H27N3O3. The number of likely N-dealkylation sites (N-methyl/N-ethyl adjacent to an activating group) is 1. The van der Waals surface area contributed by atoms with E-state index >= 15 is 0 Å². The lowest BCUT2D eigenvalue weighted by molar-refractivity contribution is -0.147. The van der Waals surface area contributed by atoms with Crippen molar-refractivity contribution in [2.24, 2.45) is 0 Å². The molecule has 20 heavy (non-hydrogen) atoms. The summed E-state index contributed by atoms with van der Waals surface area (Å²) in [6, 6.07) is 0.332. The number of carboxylic acid groups (broad SMARTS) is 1. The van der Waals surface area contributed by atoms with Gasteiger partial charge in [0.1, 0.15) is 5.54 Å². The highest BCUT2D eigenvalue weighted by molar-refractivity contribution is 5.85. The van der Waals surface area contributed by atoms with Crippen LogP contribution >= 0.6 is 0 Å². The number of likely N-dealkylation sites (tertiary alicyclic amines) is 1. The fourth-order valence-electron chi connectivity index (χ4n) is 2.63. The zero-order valence-corrected chi connectivity index (χ0v) is 13.2. The standard InChI is InChI=1S/C14H27N3O3/c1-6-17(14(2,3)12(18)19)13(20)16-9-7-11(8-10-16)15(4)5/h11H,6-10H2,1-5H3,(H,18,19). The van der Waals surface area contributed by atoms with Gasteiger partial charge in [0.2, 0.25) is 0 Å². The maximum Gasteiger partial charge on any atom is 0.329 e. The van der Waals surface area contributed by atoms with Gasteiger partial charge in [0.05, 0.1) is 0 Å². The highest BCUT2D eigenvalue weighted by atomic mass is 16.4. The van der Waals surface area contributed by atoms with Gasteiger partial charge in [0, 0.05) is 25.7 Å². The largest absolute Gasteiger partial charge is 0.480 e. The number of piperidine rings is 1. The number of aliphatic carboxylic acids is 1. The second kappa shape index (κ2) is 6.43. The molecule has 0 aromatic carbocycles. The molecule has 6 nitrogen and oxygen atoms in total. The van der Waals surface area contributed by atoms with Crippen LogP contribution in [0.5, 0.6) is 0 Å². The summed E-state index contributed by atoms with van der Waals surface area (Å²) in [5.41, 5.74) is -1.18. The molecule has 1 aliphatic rings. The fraction of sp³-hybridized carbons (Fsp3) is 0.857. The van der Waals surface area contributed by atoms with Crippen molar-refractivity contribution in [3.05, 3.63) is 0 Å². The van der Waals surface area contributed by atoms with Crippen LogP contribution in [0.15, 0.2) is 0 Å². The Kier molecular flexibility index (Phi) is 5.39. The first-order valence-electron chi connectivity index (χ1n) is 7.18. The van der Waals surface area contributed by atoms with Crippen molar-refractivity contribution < 1.29 is 14.7 Å². The van der Waals surface area contributed by atoms with Crippen LogP contribution in [0.2, 0.25) is 0 Å².